The molecule has 0 bridgehead atoms. The quantitative estimate of drug-likeness (QED) is 0.569. The fourth-order valence-corrected chi connectivity index (χ4v) is 1.65. The number of carboxylic acid groups (broad SMARTS) is 1. The summed E-state index contributed by atoms with van der Waals surface area (Å²) in [6.07, 6.45) is 1.79. The first-order valence-corrected chi connectivity index (χ1v) is 5.86. The highest BCUT2D eigenvalue weighted by Crippen LogP contribution is 2.12. The number of unbranched alkanes of at least 4 members (excludes halogenated alkanes) is 1. The van der Waals surface area contributed by atoms with Crippen molar-refractivity contribution >= 4 is 17.6 Å². The highest BCUT2D eigenvalue weighted by molar-refractivity contribution is 6.17. The molecule has 16 heavy (non-hydrogen) atoms. The number of benzene rings is 1. The van der Waals surface area contributed by atoms with E-state index in [4.69, 9.17) is 16.7 Å². The van der Waals surface area contributed by atoms with Crippen LogP contribution in [-0.4, -0.2) is 23.5 Å². The Balaban J connectivity index is 2.52. The van der Waals surface area contributed by atoms with Crippen molar-refractivity contribution in [3.05, 3.63) is 35.9 Å². The van der Waals surface area contributed by atoms with Gasteiger partial charge in [0, 0.05) is 5.88 Å². The van der Waals surface area contributed by atoms with Crippen molar-refractivity contribution in [2.75, 3.05) is 12.4 Å². The van der Waals surface area contributed by atoms with E-state index in [2.05, 4.69) is 5.32 Å². The van der Waals surface area contributed by atoms with Crippen LogP contribution in [0.2, 0.25) is 0 Å². The molecule has 0 spiro atoms. The van der Waals surface area contributed by atoms with Crippen LogP contribution in [0.15, 0.2) is 30.3 Å². The van der Waals surface area contributed by atoms with Crippen molar-refractivity contribution in [3.63, 3.8) is 0 Å². The molecule has 0 aliphatic heterocycles. The first-order valence-electron chi connectivity index (χ1n) is 5.33. The summed E-state index contributed by atoms with van der Waals surface area (Å²) in [5.74, 6) is -0.234. The van der Waals surface area contributed by atoms with Crippen LogP contribution in [0.4, 0.5) is 0 Å². The maximum absolute atomic E-state index is 11.1. The van der Waals surface area contributed by atoms with Crippen LogP contribution in [-0.2, 0) is 4.79 Å². The average Bonchev–Trinajstić information content (AvgIpc) is 2.30. The van der Waals surface area contributed by atoms with Crippen molar-refractivity contribution in [2.24, 2.45) is 0 Å². The summed E-state index contributed by atoms with van der Waals surface area (Å²) in [7, 11) is 0. The fraction of sp³-hybridized carbons (Fsp3) is 0.417. The molecule has 0 radical (unpaired) electrons. The van der Waals surface area contributed by atoms with Gasteiger partial charge in [-0.2, -0.15) is 0 Å². The third-order valence-corrected chi connectivity index (χ3v) is 2.56. The van der Waals surface area contributed by atoms with Crippen LogP contribution < -0.4 is 5.32 Å². The molecule has 0 aliphatic carbocycles. The summed E-state index contributed by atoms with van der Waals surface area (Å²) < 4.78 is 0. The van der Waals surface area contributed by atoms with Gasteiger partial charge in [0.15, 0.2) is 0 Å². The van der Waals surface area contributed by atoms with Gasteiger partial charge in [0.2, 0.25) is 0 Å². The summed E-state index contributed by atoms with van der Waals surface area (Å²) in [6.45, 7) is 0.665. The molecule has 2 N–H and O–H groups in total. The van der Waals surface area contributed by atoms with Crippen LogP contribution in [0, 0.1) is 0 Å². The molecule has 0 fully saturated rings. The number of alkyl halides is 1. The van der Waals surface area contributed by atoms with Crippen molar-refractivity contribution in [2.45, 2.75) is 18.9 Å². The van der Waals surface area contributed by atoms with E-state index in [0.717, 1.165) is 18.4 Å². The maximum atomic E-state index is 11.1. The number of hydrogen-bond donors (Lipinski definition) is 2. The largest absolute Gasteiger partial charge is 0.480 e. The van der Waals surface area contributed by atoms with Crippen molar-refractivity contribution in [1.82, 2.24) is 5.32 Å². The molecule has 1 unspecified atom stereocenters. The van der Waals surface area contributed by atoms with E-state index in [-0.39, 0.29) is 0 Å². The zero-order valence-corrected chi connectivity index (χ0v) is 9.78. The van der Waals surface area contributed by atoms with Crippen molar-refractivity contribution in [3.8, 4) is 0 Å². The zero-order valence-electron chi connectivity index (χ0n) is 9.03. The molecule has 3 nitrogen and oxygen atoms in total. The minimum atomic E-state index is -0.850. The molecule has 88 valence electrons. The third kappa shape index (κ3) is 4.21. The number of hydrogen-bond acceptors (Lipinski definition) is 2. The Bertz CT molecular complexity index is 316. The van der Waals surface area contributed by atoms with Crippen LogP contribution in [0.25, 0.3) is 0 Å². The topological polar surface area (TPSA) is 49.3 Å². The first-order chi connectivity index (χ1) is 7.75. The average molecular weight is 242 g/mol. The Hall–Kier alpha value is -1.06. The number of rotatable bonds is 7. The Morgan fingerprint density at radius 2 is 2.00 bits per heavy atom. The zero-order chi connectivity index (χ0) is 11.8. The molecule has 1 atom stereocenters. The summed E-state index contributed by atoms with van der Waals surface area (Å²) in [5.41, 5.74) is 0.779. The number of halogens is 1. The van der Waals surface area contributed by atoms with Gasteiger partial charge in [0.1, 0.15) is 6.04 Å². The second kappa shape index (κ2) is 7.25. The molecule has 0 saturated heterocycles. The smallest absolute Gasteiger partial charge is 0.325 e. The first kappa shape index (κ1) is 13.0. The minimum Gasteiger partial charge on any atom is -0.480 e. The Labute approximate surface area is 100 Å². The van der Waals surface area contributed by atoms with Crippen molar-refractivity contribution in [1.29, 1.82) is 0 Å². The standard InChI is InChI=1S/C12H16ClNO2/c13-8-4-5-9-14-11(12(15)16)10-6-2-1-3-7-10/h1-3,6-7,11,14H,4-5,8-9H2,(H,15,16). The Morgan fingerprint density at radius 1 is 1.31 bits per heavy atom. The van der Waals surface area contributed by atoms with Gasteiger partial charge in [-0.25, -0.2) is 0 Å². The molecule has 0 saturated carbocycles. The molecule has 1 aromatic rings. The molecule has 1 aromatic carbocycles. The monoisotopic (exact) mass is 241 g/mol. The lowest BCUT2D eigenvalue weighted by Gasteiger charge is -2.14. The van der Waals surface area contributed by atoms with Crippen LogP contribution in [0.5, 0.6) is 0 Å². The second-order valence-corrected chi connectivity index (χ2v) is 3.91. The normalized spacial score (nSPS) is 12.3. The predicted octanol–water partition coefficient (Wildman–Crippen LogP) is 2.42. The second-order valence-electron chi connectivity index (χ2n) is 3.53. The maximum Gasteiger partial charge on any atom is 0.325 e. The summed E-state index contributed by atoms with van der Waals surface area (Å²) in [5, 5.41) is 12.1. The Morgan fingerprint density at radius 3 is 2.56 bits per heavy atom. The molecule has 0 aromatic heterocycles. The molecular weight excluding hydrogens is 226 g/mol. The third-order valence-electron chi connectivity index (χ3n) is 2.29. The SMILES string of the molecule is O=C(O)C(NCCCCCl)c1ccccc1. The molecule has 4 heteroatoms. The lowest BCUT2D eigenvalue weighted by molar-refractivity contribution is -0.139. The molecule has 0 aliphatic rings. The van der Waals surface area contributed by atoms with E-state index in [0.29, 0.717) is 12.4 Å². The van der Waals surface area contributed by atoms with Gasteiger partial charge in [-0.05, 0) is 24.9 Å². The van der Waals surface area contributed by atoms with Crippen LogP contribution in [0.3, 0.4) is 0 Å². The predicted molar refractivity (Wildman–Crippen MR) is 64.8 cm³/mol. The van der Waals surface area contributed by atoms with Gasteiger partial charge in [-0.1, -0.05) is 30.3 Å². The van der Waals surface area contributed by atoms with Gasteiger partial charge >= 0.3 is 5.97 Å². The van der Waals surface area contributed by atoms with E-state index < -0.39 is 12.0 Å². The van der Waals surface area contributed by atoms with Gasteiger partial charge < -0.3 is 10.4 Å². The minimum absolute atomic E-state index is 0.616. The van der Waals surface area contributed by atoms with E-state index in [1.165, 1.54) is 0 Å². The highest BCUT2D eigenvalue weighted by atomic mass is 35.5. The van der Waals surface area contributed by atoms with E-state index >= 15 is 0 Å². The van der Waals surface area contributed by atoms with E-state index in [1.54, 1.807) is 0 Å². The van der Waals surface area contributed by atoms with Crippen LogP contribution in [0.1, 0.15) is 24.4 Å². The Kier molecular flexibility index (Phi) is 5.90. The number of nitrogens with one attached hydrogen (secondary N) is 1. The van der Waals surface area contributed by atoms with Gasteiger partial charge in [-0.15, -0.1) is 11.6 Å². The number of aliphatic carboxylic acids is 1. The van der Waals surface area contributed by atoms with Crippen molar-refractivity contribution < 1.29 is 9.90 Å². The lowest BCUT2D eigenvalue weighted by atomic mass is 10.1. The van der Waals surface area contributed by atoms with Gasteiger partial charge in [-0.3, -0.25) is 4.79 Å². The lowest BCUT2D eigenvalue weighted by Crippen LogP contribution is -2.29. The summed E-state index contributed by atoms with van der Waals surface area (Å²) in [6, 6.07) is 8.55. The molecule has 0 heterocycles. The fourth-order valence-electron chi connectivity index (χ4n) is 1.46. The summed E-state index contributed by atoms with van der Waals surface area (Å²) >= 11 is 5.55. The number of carbonyl (C=O) groups is 1. The summed E-state index contributed by atoms with van der Waals surface area (Å²) in [4.78, 5) is 11.1. The van der Waals surface area contributed by atoms with E-state index in [1.807, 2.05) is 30.3 Å². The molecule has 1 rings (SSSR count). The highest BCUT2D eigenvalue weighted by Gasteiger charge is 2.17. The van der Waals surface area contributed by atoms with E-state index in [9.17, 15) is 4.79 Å². The molecule has 0 amide bonds. The van der Waals surface area contributed by atoms with Gasteiger partial charge in [0.05, 0.1) is 0 Å². The molecular formula is C12H16ClNO2. The van der Waals surface area contributed by atoms with Gasteiger partial charge in [0.25, 0.3) is 0 Å². The number of carboxylic acids is 1. The van der Waals surface area contributed by atoms with Crippen LogP contribution >= 0.6 is 11.6 Å².